The largest absolute Gasteiger partial charge is 0.225 e. The summed E-state index contributed by atoms with van der Waals surface area (Å²) in [5, 5.41) is 12.3. The molecule has 0 aliphatic carbocycles. The summed E-state index contributed by atoms with van der Waals surface area (Å²) in [5.41, 5.74) is 0.984. The number of aromatic nitrogens is 4. The van der Waals surface area contributed by atoms with Crippen molar-refractivity contribution in [2.24, 2.45) is 0 Å². The Balaban J connectivity index is 2.36. The van der Waals surface area contributed by atoms with Gasteiger partial charge in [-0.3, -0.25) is 0 Å². The number of tetrazole rings is 1. The van der Waals surface area contributed by atoms with Gasteiger partial charge in [0.25, 0.3) is 0 Å². The maximum atomic E-state index is 5.82. The Morgan fingerprint density at radius 1 is 1.27 bits per heavy atom. The van der Waals surface area contributed by atoms with Crippen LogP contribution in [-0.4, -0.2) is 20.2 Å². The van der Waals surface area contributed by atoms with Gasteiger partial charge in [-0.2, -0.15) is 0 Å². The van der Waals surface area contributed by atoms with E-state index in [9.17, 15) is 0 Å². The maximum absolute atomic E-state index is 5.82. The van der Waals surface area contributed by atoms with Crippen molar-refractivity contribution in [3.05, 3.63) is 29.3 Å². The molecule has 0 unspecified atom stereocenters. The van der Waals surface area contributed by atoms with E-state index in [1.54, 1.807) is 4.68 Å². The number of rotatable bonds is 3. The summed E-state index contributed by atoms with van der Waals surface area (Å²) < 4.78 is 1.79. The molecule has 78 valence electrons. The maximum Gasteiger partial charge on any atom is 0.182 e. The molecule has 5 heteroatoms. The molecule has 0 fully saturated rings. The minimum atomic E-state index is 0.716. The molecule has 0 saturated heterocycles. The lowest BCUT2D eigenvalue weighted by Crippen LogP contribution is -2.01. The smallest absolute Gasteiger partial charge is 0.182 e. The summed E-state index contributed by atoms with van der Waals surface area (Å²) in [6.45, 7) is 2.91. The van der Waals surface area contributed by atoms with Gasteiger partial charge in [-0.25, -0.2) is 4.68 Å². The summed E-state index contributed by atoms with van der Waals surface area (Å²) in [7, 11) is 0. The van der Waals surface area contributed by atoms with Crippen LogP contribution in [-0.2, 0) is 6.54 Å². The second-order valence-corrected chi connectivity index (χ2v) is 3.67. The van der Waals surface area contributed by atoms with Gasteiger partial charge in [0, 0.05) is 17.1 Å². The molecule has 0 saturated carbocycles. The molecule has 4 nitrogen and oxygen atoms in total. The molecule has 0 amide bonds. The summed E-state index contributed by atoms with van der Waals surface area (Å²) in [6.07, 6.45) is 1.01. The molecular weight excluding hydrogens is 212 g/mol. The lowest BCUT2D eigenvalue weighted by Gasteiger charge is -2.02. The number of aryl methyl sites for hydroxylation is 1. The first-order chi connectivity index (χ1) is 7.31. The van der Waals surface area contributed by atoms with Crippen molar-refractivity contribution in [3.8, 4) is 11.4 Å². The summed E-state index contributed by atoms with van der Waals surface area (Å²) in [4.78, 5) is 0. The predicted octanol–water partition coefficient (Wildman–Crippen LogP) is 2.40. The van der Waals surface area contributed by atoms with E-state index >= 15 is 0 Å². The lowest BCUT2D eigenvalue weighted by molar-refractivity contribution is 0.583. The first kappa shape index (κ1) is 10.1. The van der Waals surface area contributed by atoms with Crippen molar-refractivity contribution in [1.82, 2.24) is 20.2 Å². The Labute approximate surface area is 92.9 Å². The highest BCUT2D eigenvalue weighted by atomic mass is 35.5. The average Bonchev–Trinajstić information content (AvgIpc) is 2.68. The number of benzene rings is 1. The minimum Gasteiger partial charge on any atom is -0.225 e. The van der Waals surface area contributed by atoms with Crippen LogP contribution in [0, 0.1) is 0 Å². The number of hydrogen-bond acceptors (Lipinski definition) is 3. The number of nitrogens with zero attached hydrogens (tertiary/aromatic N) is 4. The van der Waals surface area contributed by atoms with Crippen LogP contribution in [0.2, 0.25) is 5.02 Å². The van der Waals surface area contributed by atoms with Crippen molar-refractivity contribution in [2.75, 3.05) is 0 Å². The minimum absolute atomic E-state index is 0.716. The molecule has 1 heterocycles. The van der Waals surface area contributed by atoms with E-state index < -0.39 is 0 Å². The van der Waals surface area contributed by atoms with Crippen LogP contribution in [0.15, 0.2) is 24.3 Å². The molecule has 0 radical (unpaired) electrons. The van der Waals surface area contributed by atoms with Crippen LogP contribution in [0.25, 0.3) is 11.4 Å². The van der Waals surface area contributed by atoms with Gasteiger partial charge in [0.05, 0.1) is 0 Å². The molecule has 0 aliphatic rings. The van der Waals surface area contributed by atoms with Crippen LogP contribution in [0.4, 0.5) is 0 Å². The Morgan fingerprint density at radius 2 is 2.00 bits per heavy atom. The van der Waals surface area contributed by atoms with E-state index in [-0.39, 0.29) is 0 Å². The molecular formula is C10H11ClN4. The van der Waals surface area contributed by atoms with Gasteiger partial charge < -0.3 is 0 Å². The summed E-state index contributed by atoms with van der Waals surface area (Å²) in [5.74, 6) is 0.786. The molecule has 0 N–H and O–H groups in total. The van der Waals surface area contributed by atoms with Gasteiger partial charge in [0.2, 0.25) is 0 Å². The fourth-order valence-corrected chi connectivity index (χ4v) is 1.50. The van der Waals surface area contributed by atoms with Crippen LogP contribution in [0.5, 0.6) is 0 Å². The Kier molecular flexibility index (Phi) is 2.97. The summed E-state index contributed by atoms with van der Waals surface area (Å²) in [6, 6.07) is 7.50. The van der Waals surface area contributed by atoms with Gasteiger partial charge in [-0.15, -0.1) is 5.10 Å². The van der Waals surface area contributed by atoms with Crippen LogP contribution < -0.4 is 0 Å². The fraction of sp³-hybridized carbons (Fsp3) is 0.300. The zero-order chi connectivity index (χ0) is 10.7. The van der Waals surface area contributed by atoms with Crippen molar-refractivity contribution in [2.45, 2.75) is 19.9 Å². The molecule has 15 heavy (non-hydrogen) atoms. The van der Waals surface area contributed by atoms with Crippen molar-refractivity contribution in [3.63, 3.8) is 0 Å². The van der Waals surface area contributed by atoms with E-state index in [0.29, 0.717) is 5.02 Å². The Morgan fingerprint density at radius 3 is 2.67 bits per heavy atom. The zero-order valence-electron chi connectivity index (χ0n) is 8.39. The monoisotopic (exact) mass is 222 g/mol. The van der Waals surface area contributed by atoms with Gasteiger partial charge in [0.1, 0.15) is 0 Å². The highest BCUT2D eigenvalue weighted by Crippen LogP contribution is 2.18. The van der Waals surface area contributed by atoms with Gasteiger partial charge in [0.15, 0.2) is 5.82 Å². The molecule has 2 aromatic rings. The molecule has 0 bridgehead atoms. The second-order valence-electron chi connectivity index (χ2n) is 3.23. The molecule has 2 rings (SSSR count). The van der Waals surface area contributed by atoms with E-state index in [4.69, 9.17) is 11.6 Å². The van der Waals surface area contributed by atoms with Crippen molar-refractivity contribution in [1.29, 1.82) is 0 Å². The van der Waals surface area contributed by atoms with Gasteiger partial charge in [-0.05, 0) is 41.1 Å². The summed E-state index contributed by atoms with van der Waals surface area (Å²) >= 11 is 5.82. The third-order valence-corrected chi connectivity index (χ3v) is 2.32. The molecule has 0 aliphatic heterocycles. The third kappa shape index (κ3) is 2.15. The SMILES string of the molecule is CCCn1nnnc1-c1ccc(Cl)cc1. The fourth-order valence-electron chi connectivity index (χ4n) is 1.37. The predicted molar refractivity (Wildman–Crippen MR) is 58.6 cm³/mol. The van der Waals surface area contributed by atoms with Crippen molar-refractivity contribution < 1.29 is 0 Å². The standard InChI is InChI=1S/C10H11ClN4/c1-2-7-15-10(12-13-14-15)8-3-5-9(11)6-4-8/h3-6H,2,7H2,1H3. The normalized spacial score (nSPS) is 10.5. The van der Waals surface area contributed by atoms with E-state index in [2.05, 4.69) is 22.4 Å². The van der Waals surface area contributed by atoms with E-state index in [1.165, 1.54) is 0 Å². The zero-order valence-corrected chi connectivity index (χ0v) is 9.15. The first-order valence-corrected chi connectivity index (χ1v) is 5.21. The Hall–Kier alpha value is -1.42. The second kappa shape index (κ2) is 4.40. The molecule has 0 atom stereocenters. The van der Waals surface area contributed by atoms with Crippen LogP contribution >= 0.6 is 11.6 Å². The quantitative estimate of drug-likeness (QED) is 0.801. The molecule has 1 aromatic heterocycles. The van der Waals surface area contributed by atoms with E-state index in [1.807, 2.05) is 24.3 Å². The lowest BCUT2D eigenvalue weighted by atomic mass is 10.2. The first-order valence-electron chi connectivity index (χ1n) is 4.83. The van der Waals surface area contributed by atoms with Crippen LogP contribution in [0.1, 0.15) is 13.3 Å². The van der Waals surface area contributed by atoms with Crippen LogP contribution in [0.3, 0.4) is 0 Å². The number of hydrogen-bond donors (Lipinski definition) is 0. The van der Waals surface area contributed by atoms with Gasteiger partial charge in [-0.1, -0.05) is 18.5 Å². The molecule has 0 spiro atoms. The highest BCUT2D eigenvalue weighted by Gasteiger charge is 2.07. The Bertz CT molecular complexity index is 435. The highest BCUT2D eigenvalue weighted by molar-refractivity contribution is 6.30. The third-order valence-electron chi connectivity index (χ3n) is 2.07. The number of halogens is 1. The molecule has 1 aromatic carbocycles. The topological polar surface area (TPSA) is 43.6 Å². The van der Waals surface area contributed by atoms with Gasteiger partial charge >= 0.3 is 0 Å². The van der Waals surface area contributed by atoms with E-state index in [0.717, 1.165) is 24.4 Å². The van der Waals surface area contributed by atoms with Crippen molar-refractivity contribution >= 4 is 11.6 Å². The average molecular weight is 223 g/mol.